The fourth-order valence-corrected chi connectivity index (χ4v) is 4.37. The van der Waals surface area contributed by atoms with E-state index in [1.807, 2.05) is 32.9 Å². The summed E-state index contributed by atoms with van der Waals surface area (Å²) >= 11 is 0. The molecule has 1 heterocycles. The molecule has 0 atom stereocenters. The first-order valence-corrected chi connectivity index (χ1v) is 7.87. The predicted octanol–water partition coefficient (Wildman–Crippen LogP) is 2.95. The molecule has 100 valence electrons. The molecule has 1 aliphatic heterocycles. The summed E-state index contributed by atoms with van der Waals surface area (Å²) in [5.41, 5.74) is 0.800. The summed E-state index contributed by atoms with van der Waals surface area (Å²) in [7, 11) is -3.35. The van der Waals surface area contributed by atoms with Crippen LogP contribution in [0.25, 0.3) is 0 Å². The lowest BCUT2D eigenvalue weighted by Crippen LogP contribution is -2.50. The molecule has 0 N–H and O–H groups in total. The zero-order valence-electron chi connectivity index (χ0n) is 11.3. The van der Waals surface area contributed by atoms with Crippen LogP contribution in [-0.2, 0) is 10.0 Å². The number of hydrogen-bond donors (Lipinski definition) is 0. The van der Waals surface area contributed by atoms with Gasteiger partial charge in [0.2, 0.25) is 10.0 Å². The molecule has 2 rings (SSSR count). The first kappa shape index (κ1) is 13.6. The van der Waals surface area contributed by atoms with E-state index in [0.717, 1.165) is 24.8 Å². The highest BCUT2D eigenvalue weighted by Gasteiger charge is 2.38. The molecule has 0 spiro atoms. The largest absolute Gasteiger partial charge is 0.243 e. The average Bonchev–Trinajstić information content (AvgIpc) is 2.28. The van der Waals surface area contributed by atoms with E-state index in [1.165, 1.54) is 0 Å². The van der Waals surface area contributed by atoms with Crippen molar-refractivity contribution in [2.24, 2.45) is 0 Å². The highest BCUT2D eigenvalue weighted by atomic mass is 32.2. The molecule has 0 unspecified atom stereocenters. The molecule has 3 nitrogen and oxygen atoms in total. The van der Waals surface area contributed by atoms with E-state index in [2.05, 4.69) is 0 Å². The molecule has 1 aliphatic rings. The summed E-state index contributed by atoms with van der Waals surface area (Å²) in [5.74, 6) is 0. The van der Waals surface area contributed by atoms with Gasteiger partial charge in [-0.15, -0.1) is 0 Å². The molecule has 0 bridgehead atoms. The van der Waals surface area contributed by atoms with Gasteiger partial charge in [0.15, 0.2) is 0 Å². The first-order valence-electron chi connectivity index (χ1n) is 6.43. The van der Waals surface area contributed by atoms with Crippen LogP contribution in [0.2, 0.25) is 0 Å². The standard InChI is InChI=1S/C14H21NO2S/c1-12-6-8-13(9-7-12)18(16,17)15-11-5-4-10-14(15,2)3/h6-9H,4-5,10-11H2,1-3H3. The smallest absolute Gasteiger partial charge is 0.207 e. The zero-order valence-corrected chi connectivity index (χ0v) is 12.1. The summed E-state index contributed by atoms with van der Waals surface area (Å²) in [6.45, 7) is 6.61. The van der Waals surface area contributed by atoms with Gasteiger partial charge in [0.05, 0.1) is 4.90 Å². The lowest BCUT2D eigenvalue weighted by atomic mass is 9.93. The van der Waals surface area contributed by atoms with Crippen molar-refractivity contribution in [2.75, 3.05) is 6.54 Å². The molecule has 1 saturated heterocycles. The van der Waals surface area contributed by atoms with E-state index in [-0.39, 0.29) is 5.54 Å². The molecule has 0 amide bonds. The average molecular weight is 267 g/mol. The lowest BCUT2D eigenvalue weighted by molar-refractivity contribution is 0.170. The molecule has 0 radical (unpaired) electrons. The van der Waals surface area contributed by atoms with Crippen molar-refractivity contribution in [3.8, 4) is 0 Å². The second-order valence-corrected chi connectivity index (χ2v) is 7.52. The van der Waals surface area contributed by atoms with Gasteiger partial charge >= 0.3 is 0 Å². The number of aryl methyl sites for hydroxylation is 1. The zero-order chi connectivity index (χ0) is 13.4. The summed E-state index contributed by atoms with van der Waals surface area (Å²) < 4.78 is 26.9. The molecule has 0 aliphatic carbocycles. The number of hydrogen-bond acceptors (Lipinski definition) is 2. The number of rotatable bonds is 2. The first-order chi connectivity index (χ1) is 8.34. The SMILES string of the molecule is Cc1ccc(S(=O)(=O)N2CCCCC2(C)C)cc1. The van der Waals surface area contributed by atoms with Crippen LogP contribution in [0.3, 0.4) is 0 Å². The Balaban J connectivity index is 2.38. The van der Waals surface area contributed by atoms with E-state index < -0.39 is 10.0 Å². The molecule has 18 heavy (non-hydrogen) atoms. The minimum atomic E-state index is -3.35. The second kappa shape index (κ2) is 4.67. The van der Waals surface area contributed by atoms with Crippen molar-refractivity contribution in [1.82, 2.24) is 4.31 Å². The lowest BCUT2D eigenvalue weighted by Gasteiger charge is -2.41. The van der Waals surface area contributed by atoms with Crippen molar-refractivity contribution in [3.05, 3.63) is 29.8 Å². The van der Waals surface area contributed by atoms with Gasteiger partial charge in [-0.25, -0.2) is 8.42 Å². The maximum Gasteiger partial charge on any atom is 0.243 e. The van der Waals surface area contributed by atoms with Crippen molar-refractivity contribution in [1.29, 1.82) is 0 Å². The van der Waals surface area contributed by atoms with Crippen LogP contribution in [0.15, 0.2) is 29.2 Å². The summed E-state index contributed by atoms with van der Waals surface area (Å²) in [4.78, 5) is 0.406. The number of piperidine rings is 1. The van der Waals surface area contributed by atoms with Gasteiger partial charge in [-0.05, 0) is 45.7 Å². The Morgan fingerprint density at radius 3 is 2.28 bits per heavy atom. The van der Waals surface area contributed by atoms with Gasteiger partial charge in [-0.1, -0.05) is 24.1 Å². The maximum atomic E-state index is 12.6. The van der Waals surface area contributed by atoms with Gasteiger partial charge in [0.1, 0.15) is 0 Å². The minimum Gasteiger partial charge on any atom is -0.207 e. The van der Waals surface area contributed by atoms with E-state index in [0.29, 0.717) is 11.4 Å². The van der Waals surface area contributed by atoms with Gasteiger partial charge in [0, 0.05) is 12.1 Å². The van der Waals surface area contributed by atoms with Crippen LogP contribution in [0.1, 0.15) is 38.7 Å². The predicted molar refractivity (Wildman–Crippen MR) is 73.0 cm³/mol. The Kier molecular flexibility index (Phi) is 3.52. The van der Waals surface area contributed by atoms with Crippen LogP contribution in [0.5, 0.6) is 0 Å². The summed E-state index contributed by atoms with van der Waals surface area (Å²) in [6.07, 6.45) is 2.99. The van der Waals surface area contributed by atoms with Crippen LogP contribution in [0, 0.1) is 6.92 Å². The quantitative estimate of drug-likeness (QED) is 0.826. The Bertz CT molecular complexity index is 517. The summed E-state index contributed by atoms with van der Waals surface area (Å²) in [6, 6.07) is 7.11. The molecule has 0 aromatic heterocycles. The normalized spacial score (nSPS) is 20.8. The van der Waals surface area contributed by atoms with Gasteiger partial charge < -0.3 is 0 Å². The fraction of sp³-hybridized carbons (Fsp3) is 0.571. The highest BCUT2D eigenvalue weighted by molar-refractivity contribution is 7.89. The topological polar surface area (TPSA) is 37.4 Å². The number of nitrogens with zero attached hydrogens (tertiary/aromatic N) is 1. The molecule has 4 heteroatoms. The molecular formula is C14H21NO2S. The molecule has 1 aromatic rings. The number of sulfonamides is 1. The monoisotopic (exact) mass is 267 g/mol. The van der Waals surface area contributed by atoms with Crippen LogP contribution >= 0.6 is 0 Å². The van der Waals surface area contributed by atoms with Crippen LogP contribution < -0.4 is 0 Å². The summed E-state index contributed by atoms with van der Waals surface area (Å²) in [5, 5.41) is 0. The molecule has 0 saturated carbocycles. The van der Waals surface area contributed by atoms with E-state index in [1.54, 1.807) is 16.4 Å². The van der Waals surface area contributed by atoms with Crippen LogP contribution in [-0.4, -0.2) is 24.8 Å². The Morgan fingerprint density at radius 2 is 1.72 bits per heavy atom. The van der Waals surface area contributed by atoms with Gasteiger partial charge in [-0.2, -0.15) is 4.31 Å². The van der Waals surface area contributed by atoms with E-state index in [4.69, 9.17) is 0 Å². The molecule has 1 aromatic carbocycles. The second-order valence-electron chi connectivity index (χ2n) is 5.66. The molecule has 1 fully saturated rings. The third kappa shape index (κ3) is 2.45. The Hall–Kier alpha value is -0.870. The Labute approximate surface area is 110 Å². The van der Waals surface area contributed by atoms with Crippen molar-refractivity contribution in [2.45, 2.75) is 50.5 Å². The van der Waals surface area contributed by atoms with Crippen molar-refractivity contribution >= 4 is 10.0 Å². The van der Waals surface area contributed by atoms with Crippen LogP contribution in [0.4, 0.5) is 0 Å². The third-order valence-corrected chi connectivity index (χ3v) is 5.81. The highest BCUT2D eigenvalue weighted by Crippen LogP contribution is 2.32. The van der Waals surface area contributed by atoms with Crippen molar-refractivity contribution < 1.29 is 8.42 Å². The van der Waals surface area contributed by atoms with Gasteiger partial charge in [-0.3, -0.25) is 0 Å². The maximum absolute atomic E-state index is 12.6. The van der Waals surface area contributed by atoms with E-state index >= 15 is 0 Å². The van der Waals surface area contributed by atoms with E-state index in [9.17, 15) is 8.42 Å². The van der Waals surface area contributed by atoms with Crippen molar-refractivity contribution in [3.63, 3.8) is 0 Å². The Morgan fingerprint density at radius 1 is 1.11 bits per heavy atom. The fourth-order valence-electron chi connectivity index (χ4n) is 2.52. The van der Waals surface area contributed by atoms with Gasteiger partial charge in [0.25, 0.3) is 0 Å². The number of benzene rings is 1. The minimum absolute atomic E-state index is 0.276. The third-order valence-electron chi connectivity index (χ3n) is 3.68. The molecular weight excluding hydrogens is 246 g/mol.